The molecule has 0 spiro atoms. The van der Waals surface area contributed by atoms with Gasteiger partial charge in [-0.3, -0.25) is 10.2 Å². The van der Waals surface area contributed by atoms with Gasteiger partial charge in [0.15, 0.2) is 0 Å². The predicted molar refractivity (Wildman–Crippen MR) is 87.2 cm³/mol. The van der Waals surface area contributed by atoms with E-state index in [4.69, 9.17) is 4.74 Å². The molecular formula is C17H33N3O. The number of methoxy groups -OCH3 is 1. The van der Waals surface area contributed by atoms with E-state index in [1.165, 1.54) is 12.8 Å². The molecule has 0 aromatic rings. The number of ether oxygens (including phenoxy) is 1. The maximum atomic E-state index is 9.40. The van der Waals surface area contributed by atoms with E-state index in [1.807, 2.05) is 6.92 Å². The topological polar surface area (TPSA) is 48.3 Å². The second-order valence-corrected chi connectivity index (χ2v) is 6.95. The lowest BCUT2D eigenvalue weighted by molar-refractivity contribution is 0.114. The summed E-state index contributed by atoms with van der Waals surface area (Å²) in [6.45, 7) is 11.4. The minimum Gasteiger partial charge on any atom is -0.383 e. The van der Waals surface area contributed by atoms with E-state index in [0.29, 0.717) is 12.1 Å². The van der Waals surface area contributed by atoms with E-state index in [0.717, 1.165) is 38.5 Å². The summed E-state index contributed by atoms with van der Waals surface area (Å²) >= 11 is 0. The van der Waals surface area contributed by atoms with Crippen molar-refractivity contribution in [1.82, 2.24) is 10.2 Å². The number of nitriles is 1. The lowest BCUT2D eigenvalue weighted by atomic mass is 9.96. The highest BCUT2D eigenvalue weighted by Gasteiger charge is 2.32. The molecule has 1 aliphatic carbocycles. The first-order valence-corrected chi connectivity index (χ1v) is 8.34. The number of nitrogens with one attached hydrogen (secondary N) is 1. The van der Waals surface area contributed by atoms with Gasteiger partial charge in [-0.25, -0.2) is 0 Å². The van der Waals surface area contributed by atoms with Crippen LogP contribution in [-0.4, -0.2) is 49.3 Å². The molecule has 0 aromatic carbocycles. The van der Waals surface area contributed by atoms with Crippen LogP contribution in [0.4, 0.5) is 0 Å². The van der Waals surface area contributed by atoms with Crippen LogP contribution in [-0.2, 0) is 4.74 Å². The fourth-order valence-corrected chi connectivity index (χ4v) is 3.04. The maximum absolute atomic E-state index is 9.40. The van der Waals surface area contributed by atoms with Gasteiger partial charge in [-0.05, 0) is 65.8 Å². The van der Waals surface area contributed by atoms with Gasteiger partial charge in [0.25, 0.3) is 0 Å². The zero-order chi connectivity index (χ0) is 15.9. The van der Waals surface area contributed by atoms with Crippen LogP contribution < -0.4 is 5.32 Å². The standard InChI is InChI=1S/C17H33N3O/c1-14(2)19-17(4,13-18)9-6-10-20(11-12-21-5)15(3)16-7-8-16/h14-16,19H,6-12H2,1-5H3. The van der Waals surface area contributed by atoms with Crippen molar-refractivity contribution in [3.8, 4) is 6.07 Å². The molecule has 122 valence electrons. The third-order valence-corrected chi connectivity index (χ3v) is 4.44. The normalized spacial score (nSPS) is 19.5. The summed E-state index contributed by atoms with van der Waals surface area (Å²) < 4.78 is 5.24. The van der Waals surface area contributed by atoms with Crippen LogP contribution in [0.5, 0.6) is 0 Å². The van der Waals surface area contributed by atoms with Crippen molar-refractivity contribution in [2.45, 2.75) is 71.0 Å². The molecule has 2 unspecified atom stereocenters. The fourth-order valence-electron chi connectivity index (χ4n) is 3.04. The van der Waals surface area contributed by atoms with Crippen molar-refractivity contribution in [2.75, 3.05) is 26.8 Å². The Morgan fingerprint density at radius 2 is 2.00 bits per heavy atom. The molecule has 0 saturated heterocycles. The molecule has 1 fully saturated rings. The summed E-state index contributed by atoms with van der Waals surface area (Å²) in [6.07, 6.45) is 4.68. The molecular weight excluding hydrogens is 262 g/mol. The highest BCUT2D eigenvalue weighted by Crippen LogP contribution is 2.35. The van der Waals surface area contributed by atoms with E-state index in [1.54, 1.807) is 7.11 Å². The lowest BCUT2D eigenvalue weighted by Gasteiger charge is -2.31. The van der Waals surface area contributed by atoms with Crippen molar-refractivity contribution < 1.29 is 4.74 Å². The van der Waals surface area contributed by atoms with Crippen LogP contribution >= 0.6 is 0 Å². The molecule has 1 saturated carbocycles. The molecule has 1 rings (SSSR count). The van der Waals surface area contributed by atoms with Gasteiger partial charge in [0.05, 0.1) is 12.7 Å². The summed E-state index contributed by atoms with van der Waals surface area (Å²) in [5.74, 6) is 0.873. The molecule has 1 N–H and O–H groups in total. The highest BCUT2D eigenvalue weighted by atomic mass is 16.5. The molecule has 0 aliphatic heterocycles. The summed E-state index contributed by atoms with van der Waals surface area (Å²) in [6, 6.07) is 3.42. The SMILES string of the molecule is COCCN(CCCC(C)(C#N)NC(C)C)C(C)C1CC1. The van der Waals surface area contributed by atoms with Crippen molar-refractivity contribution >= 4 is 0 Å². The summed E-state index contributed by atoms with van der Waals surface area (Å²) in [7, 11) is 1.76. The monoisotopic (exact) mass is 295 g/mol. The molecule has 0 heterocycles. The Balaban J connectivity index is 2.42. The molecule has 4 heteroatoms. The van der Waals surface area contributed by atoms with Crippen LogP contribution in [0.3, 0.4) is 0 Å². The second kappa shape index (κ2) is 8.73. The zero-order valence-electron chi connectivity index (χ0n) is 14.5. The molecule has 21 heavy (non-hydrogen) atoms. The van der Waals surface area contributed by atoms with E-state index in [2.05, 4.69) is 37.1 Å². The molecule has 0 amide bonds. The average molecular weight is 295 g/mol. The Hall–Kier alpha value is -0.630. The third kappa shape index (κ3) is 6.78. The van der Waals surface area contributed by atoms with Gasteiger partial charge in [-0.2, -0.15) is 5.26 Å². The predicted octanol–water partition coefficient (Wildman–Crippen LogP) is 2.79. The minimum absolute atomic E-state index is 0.338. The van der Waals surface area contributed by atoms with E-state index in [9.17, 15) is 5.26 Å². The molecule has 0 bridgehead atoms. The first kappa shape index (κ1) is 18.4. The Morgan fingerprint density at radius 3 is 2.48 bits per heavy atom. The van der Waals surface area contributed by atoms with E-state index < -0.39 is 5.54 Å². The first-order valence-electron chi connectivity index (χ1n) is 8.34. The Kier molecular flexibility index (Phi) is 7.65. The highest BCUT2D eigenvalue weighted by molar-refractivity contribution is 5.04. The summed E-state index contributed by atoms with van der Waals surface area (Å²) in [4.78, 5) is 2.54. The molecule has 4 nitrogen and oxygen atoms in total. The van der Waals surface area contributed by atoms with Crippen molar-refractivity contribution in [3.05, 3.63) is 0 Å². The van der Waals surface area contributed by atoms with Gasteiger partial charge in [-0.1, -0.05) is 0 Å². The van der Waals surface area contributed by atoms with Crippen molar-refractivity contribution in [3.63, 3.8) is 0 Å². The van der Waals surface area contributed by atoms with Crippen LogP contribution in [0.1, 0.15) is 53.4 Å². The molecule has 2 atom stereocenters. The van der Waals surface area contributed by atoms with Crippen LogP contribution in [0.15, 0.2) is 0 Å². The van der Waals surface area contributed by atoms with Crippen molar-refractivity contribution in [2.24, 2.45) is 5.92 Å². The lowest BCUT2D eigenvalue weighted by Crippen LogP contribution is -2.46. The van der Waals surface area contributed by atoms with Gasteiger partial charge in [0.2, 0.25) is 0 Å². The van der Waals surface area contributed by atoms with Crippen LogP contribution in [0.2, 0.25) is 0 Å². The maximum Gasteiger partial charge on any atom is 0.104 e. The van der Waals surface area contributed by atoms with E-state index in [-0.39, 0.29) is 0 Å². The minimum atomic E-state index is -0.413. The van der Waals surface area contributed by atoms with Gasteiger partial charge in [0.1, 0.15) is 5.54 Å². The van der Waals surface area contributed by atoms with Crippen LogP contribution in [0.25, 0.3) is 0 Å². The second-order valence-electron chi connectivity index (χ2n) is 6.95. The Labute approximate surface area is 130 Å². The number of hydrogen-bond donors (Lipinski definition) is 1. The molecule has 0 radical (unpaired) electrons. The van der Waals surface area contributed by atoms with Gasteiger partial charge < -0.3 is 4.74 Å². The summed E-state index contributed by atoms with van der Waals surface area (Å²) in [5, 5.41) is 12.8. The zero-order valence-corrected chi connectivity index (χ0v) is 14.5. The average Bonchev–Trinajstić information content (AvgIpc) is 3.25. The smallest absolute Gasteiger partial charge is 0.104 e. The molecule has 0 aromatic heterocycles. The first-order chi connectivity index (χ1) is 9.91. The van der Waals surface area contributed by atoms with Crippen LogP contribution in [0, 0.1) is 17.2 Å². The fraction of sp³-hybridized carbons (Fsp3) is 0.941. The Morgan fingerprint density at radius 1 is 1.33 bits per heavy atom. The number of rotatable bonds is 11. The van der Waals surface area contributed by atoms with Gasteiger partial charge in [-0.15, -0.1) is 0 Å². The van der Waals surface area contributed by atoms with E-state index >= 15 is 0 Å². The van der Waals surface area contributed by atoms with Gasteiger partial charge in [0, 0.05) is 25.7 Å². The van der Waals surface area contributed by atoms with Crippen molar-refractivity contribution in [1.29, 1.82) is 5.26 Å². The van der Waals surface area contributed by atoms with Gasteiger partial charge >= 0.3 is 0 Å². The Bertz CT molecular complexity index is 335. The molecule has 1 aliphatic rings. The third-order valence-electron chi connectivity index (χ3n) is 4.44. The summed E-state index contributed by atoms with van der Waals surface area (Å²) in [5.41, 5.74) is -0.413. The largest absolute Gasteiger partial charge is 0.383 e. The number of nitrogens with zero attached hydrogens (tertiary/aromatic N) is 2. The quantitative estimate of drug-likeness (QED) is 0.637. The number of hydrogen-bond acceptors (Lipinski definition) is 4.